The molecule has 0 unspecified atom stereocenters. The first-order valence-electron chi connectivity index (χ1n) is 3.39. The number of aromatic amines is 1. The molecular weight excluding hydrogens is 202 g/mol. The summed E-state index contributed by atoms with van der Waals surface area (Å²) in [6, 6.07) is 1.51. The molecule has 1 amide bonds. The summed E-state index contributed by atoms with van der Waals surface area (Å²) in [4.78, 5) is 13.6. The highest BCUT2D eigenvalue weighted by molar-refractivity contribution is 5.93. The average Bonchev–Trinajstić information content (AvgIpc) is 2.51. The van der Waals surface area contributed by atoms with Crippen molar-refractivity contribution in [3.63, 3.8) is 0 Å². The third-order valence-corrected chi connectivity index (χ3v) is 1.28. The third-order valence-electron chi connectivity index (χ3n) is 1.28. The lowest BCUT2D eigenvalue weighted by Crippen LogP contribution is -2.28. The number of H-pyrrole nitrogens is 1. The Hall–Kier alpha value is -1.10. The van der Waals surface area contributed by atoms with Crippen LogP contribution in [0.4, 0.5) is 8.78 Å². The number of carbonyl (C=O) groups is 1. The lowest BCUT2D eigenvalue weighted by Gasteiger charge is -2.00. The van der Waals surface area contributed by atoms with E-state index in [1.165, 1.54) is 12.3 Å². The maximum absolute atomic E-state index is 11.6. The van der Waals surface area contributed by atoms with Crippen molar-refractivity contribution in [2.45, 2.75) is 6.43 Å². The molecule has 3 nitrogen and oxygen atoms in total. The monoisotopic (exact) mass is 210 g/mol. The van der Waals surface area contributed by atoms with Crippen molar-refractivity contribution in [1.82, 2.24) is 10.3 Å². The highest BCUT2D eigenvalue weighted by atomic mass is 35.5. The topological polar surface area (TPSA) is 44.9 Å². The summed E-state index contributed by atoms with van der Waals surface area (Å²) in [5.41, 5.74) is 0.357. The number of nitrogens with one attached hydrogen (secondary N) is 2. The van der Waals surface area contributed by atoms with E-state index in [0.717, 1.165) is 0 Å². The van der Waals surface area contributed by atoms with Crippen LogP contribution in [0.3, 0.4) is 0 Å². The molecule has 0 atom stereocenters. The molecule has 0 aliphatic heterocycles. The van der Waals surface area contributed by atoms with E-state index in [2.05, 4.69) is 10.3 Å². The molecule has 2 N–H and O–H groups in total. The van der Waals surface area contributed by atoms with Gasteiger partial charge < -0.3 is 10.3 Å². The Kier molecular flexibility index (Phi) is 5.06. The van der Waals surface area contributed by atoms with Gasteiger partial charge in [-0.1, -0.05) is 0 Å². The Morgan fingerprint density at radius 2 is 2.31 bits per heavy atom. The Labute approximate surface area is 79.9 Å². The van der Waals surface area contributed by atoms with Crippen LogP contribution >= 0.6 is 12.4 Å². The second-order valence-electron chi connectivity index (χ2n) is 2.20. The van der Waals surface area contributed by atoms with E-state index in [0.29, 0.717) is 5.56 Å². The van der Waals surface area contributed by atoms with Gasteiger partial charge in [-0.05, 0) is 6.07 Å². The Bertz CT molecular complexity index is 251. The molecular formula is C7H9ClF2N2O. The summed E-state index contributed by atoms with van der Waals surface area (Å²) < 4.78 is 23.2. The number of halogens is 3. The van der Waals surface area contributed by atoms with Crippen molar-refractivity contribution in [1.29, 1.82) is 0 Å². The second kappa shape index (κ2) is 5.53. The number of rotatable bonds is 3. The number of aromatic nitrogens is 1. The average molecular weight is 211 g/mol. The normalized spacial score (nSPS) is 9.46. The quantitative estimate of drug-likeness (QED) is 0.779. The molecule has 0 aromatic carbocycles. The van der Waals surface area contributed by atoms with Gasteiger partial charge in [0.2, 0.25) is 0 Å². The van der Waals surface area contributed by atoms with E-state index in [4.69, 9.17) is 0 Å². The van der Waals surface area contributed by atoms with Gasteiger partial charge in [0.25, 0.3) is 12.3 Å². The Morgan fingerprint density at radius 1 is 1.62 bits per heavy atom. The van der Waals surface area contributed by atoms with Crippen molar-refractivity contribution >= 4 is 18.3 Å². The molecule has 1 aromatic rings. The van der Waals surface area contributed by atoms with Gasteiger partial charge in [-0.15, -0.1) is 12.4 Å². The van der Waals surface area contributed by atoms with E-state index < -0.39 is 18.9 Å². The molecule has 1 rings (SSSR count). The fourth-order valence-corrected chi connectivity index (χ4v) is 0.737. The number of hydrogen-bond donors (Lipinski definition) is 2. The number of hydrogen-bond acceptors (Lipinski definition) is 1. The standard InChI is InChI=1S/C7H8F2N2O.ClH/c8-6(9)4-11-7(12)5-1-2-10-3-5;/h1-3,6,10H,4H2,(H,11,12);1H. The summed E-state index contributed by atoms with van der Waals surface area (Å²) in [7, 11) is 0. The van der Waals surface area contributed by atoms with Crippen molar-refractivity contribution in [3.05, 3.63) is 24.0 Å². The fourth-order valence-electron chi connectivity index (χ4n) is 0.737. The zero-order valence-corrected chi connectivity index (χ0v) is 7.41. The van der Waals surface area contributed by atoms with Crippen LogP contribution in [0.5, 0.6) is 0 Å². The van der Waals surface area contributed by atoms with Crippen LogP contribution in [0.1, 0.15) is 10.4 Å². The molecule has 74 valence electrons. The molecule has 6 heteroatoms. The van der Waals surface area contributed by atoms with Gasteiger partial charge in [0.15, 0.2) is 0 Å². The van der Waals surface area contributed by atoms with Crippen molar-refractivity contribution in [2.24, 2.45) is 0 Å². The summed E-state index contributed by atoms with van der Waals surface area (Å²) in [6.45, 7) is -0.607. The van der Waals surface area contributed by atoms with E-state index in [1.807, 2.05) is 0 Å². The van der Waals surface area contributed by atoms with E-state index in [9.17, 15) is 13.6 Å². The predicted molar refractivity (Wildman–Crippen MR) is 46.4 cm³/mol. The summed E-state index contributed by atoms with van der Waals surface area (Å²) in [5, 5.41) is 2.08. The van der Waals surface area contributed by atoms with Crippen LogP contribution in [0, 0.1) is 0 Å². The number of alkyl halides is 2. The van der Waals surface area contributed by atoms with Crippen LogP contribution in [-0.4, -0.2) is 23.9 Å². The first-order chi connectivity index (χ1) is 5.70. The molecule has 0 radical (unpaired) electrons. The molecule has 0 aliphatic rings. The lowest BCUT2D eigenvalue weighted by atomic mass is 10.3. The molecule has 0 bridgehead atoms. The molecule has 13 heavy (non-hydrogen) atoms. The van der Waals surface area contributed by atoms with Crippen LogP contribution in [0.25, 0.3) is 0 Å². The molecule has 0 aliphatic carbocycles. The minimum absolute atomic E-state index is 0. The van der Waals surface area contributed by atoms with Crippen LogP contribution in [-0.2, 0) is 0 Å². The lowest BCUT2D eigenvalue weighted by molar-refractivity contribution is 0.0892. The molecule has 0 saturated heterocycles. The number of amides is 1. The molecule has 0 fully saturated rings. The first-order valence-corrected chi connectivity index (χ1v) is 3.39. The van der Waals surface area contributed by atoms with Crippen molar-refractivity contribution in [3.8, 4) is 0 Å². The number of carbonyl (C=O) groups excluding carboxylic acids is 1. The Balaban J connectivity index is 0.00000144. The van der Waals surface area contributed by atoms with Crippen molar-refractivity contribution < 1.29 is 13.6 Å². The second-order valence-corrected chi connectivity index (χ2v) is 2.20. The largest absolute Gasteiger partial charge is 0.367 e. The van der Waals surface area contributed by atoms with Gasteiger partial charge in [-0.3, -0.25) is 4.79 Å². The van der Waals surface area contributed by atoms with Gasteiger partial charge in [0.1, 0.15) is 0 Å². The highest BCUT2D eigenvalue weighted by Gasteiger charge is 2.07. The van der Waals surface area contributed by atoms with E-state index >= 15 is 0 Å². The summed E-state index contributed by atoms with van der Waals surface area (Å²) >= 11 is 0. The SMILES string of the molecule is Cl.O=C(NCC(F)F)c1cc[nH]c1. The van der Waals surface area contributed by atoms with Crippen molar-refractivity contribution in [2.75, 3.05) is 6.54 Å². The molecule has 1 heterocycles. The first kappa shape index (κ1) is 11.9. The van der Waals surface area contributed by atoms with Gasteiger partial charge >= 0.3 is 0 Å². The minimum atomic E-state index is -2.51. The minimum Gasteiger partial charge on any atom is -0.367 e. The maximum atomic E-state index is 11.6. The summed E-state index contributed by atoms with van der Waals surface area (Å²) in [6.07, 6.45) is 0.492. The van der Waals surface area contributed by atoms with Crippen LogP contribution < -0.4 is 5.32 Å². The van der Waals surface area contributed by atoms with E-state index in [1.54, 1.807) is 6.20 Å². The zero-order chi connectivity index (χ0) is 8.97. The summed E-state index contributed by atoms with van der Waals surface area (Å²) in [5.74, 6) is -0.489. The Morgan fingerprint density at radius 3 is 2.77 bits per heavy atom. The highest BCUT2D eigenvalue weighted by Crippen LogP contribution is 1.96. The zero-order valence-electron chi connectivity index (χ0n) is 6.59. The third kappa shape index (κ3) is 3.89. The van der Waals surface area contributed by atoms with Crippen LogP contribution in [0.2, 0.25) is 0 Å². The smallest absolute Gasteiger partial charge is 0.255 e. The fraction of sp³-hybridized carbons (Fsp3) is 0.286. The maximum Gasteiger partial charge on any atom is 0.255 e. The van der Waals surface area contributed by atoms with Gasteiger partial charge in [0.05, 0.1) is 12.1 Å². The molecule has 0 saturated carbocycles. The van der Waals surface area contributed by atoms with Gasteiger partial charge in [0, 0.05) is 12.4 Å². The van der Waals surface area contributed by atoms with Gasteiger partial charge in [-0.2, -0.15) is 0 Å². The predicted octanol–water partition coefficient (Wildman–Crippen LogP) is 1.43. The van der Waals surface area contributed by atoms with Crippen LogP contribution in [0.15, 0.2) is 18.5 Å². The molecule has 0 spiro atoms. The molecule has 1 aromatic heterocycles. The van der Waals surface area contributed by atoms with Gasteiger partial charge in [-0.25, -0.2) is 8.78 Å². The van der Waals surface area contributed by atoms with E-state index in [-0.39, 0.29) is 12.4 Å².